The molecule has 4 nitrogen and oxygen atoms in total. The quantitative estimate of drug-likeness (QED) is 0.636. The highest BCUT2D eigenvalue weighted by molar-refractivity contribution is 7.99. The first-order valence-electron chi connectivity index (χ1n) is 6.60. The van der Waals surface area contributed by atoms with E-state index < -0.39 is 6.10 Å². The Morgan fingerprint density at radius 3 is 2.71 bits per heavy atom. The van der Waals surface area contributed by atoms with Crippen LogP contribution in [0.1, 0.15) is 6.92 Å². The maximum atomic E-state index is 9.91. The molecule has 0 amide bonds. The minimum Gasteiger partial charge on any atom is -0.489 e. The van der Waals surface area contributed by atoms with E-state index in [1.807, 2.05) is 13.2 Å². The molecule has 0 bridgehead atoms. The normalized spacial score (nSPS) is 15.5. The third kappa shape index (κ3) is 6.63. The molecule has 120 valence electrons. The van der Waals surface area contributed by atoms with Crippen LogP contribution in [-0.2, 0) is 0 Å². The van der Waals surface area contributed by atoms with Gasteiger partial charge in [-0.1, -0.05) is 23.2 Å². The van der Waals surface area contributed by atoms with Gasteiger partial charge in [-0.2, -0.15) is 11.8 Å². The Balaban J connectivity index is 2.37. The SMILES string of the molecule is CSC(CO)C(C)NCC(O)COc1cc(Cl)ccc1Cl. The highest BCUT2D eigenvalue weighted by atomic mass is 35.5. The maximum Gasteiger partial charge on any atom is 0.139 e. The van der Waals surface area contributed by atoms with Gasteiger partial charge in [-0.25, -0.2) is 0 Å². The Morgan fingerprint density at radius 2 is 2.10 bits per heavy atom. The molecular formula is C14H21Cl2NO3S. The van der Waals surface area contributed by atoms with Gasteiger partial charge in [0.05, 0.1) is 11.6 Å². The zero-order chi connectivity index (χ0) is 15.8. The first-order chi connectivity index (χ1) is 9.97. The van der Waals surface area contributed by atoms with Gasteiger partial charge in [0.1, 0.15) is 18.5 Å². The van der Waals surface area contributed by atoms with Gasteiger partial charge < -0.3 is 20.3 Å². The lowest BCUT2D eigenvalue weighted by Crippen LogP contribution is -2.42. The van der Waals surface area contributed by atoms with Crippen molar-refractivity contribution in [2.75, 3.05) is 26.0 Å². The van der Waals surface area contributed by atoms with Crippen molar-refractivity contribution in [1.82, 2.24) is 5.32 Å². The van der Waals surface area contributed by atoms with E-state index in [1.54, 1.807) is 30.0 Å². The first kappa shape index (κ1) is 18.9. The lowest BCUT2D eigenvalue weighted by molar-refractivity contribution is 0.103. The van der Waals surface area contributed by atoms with Gasteiger partial charge in [-0.15, -0.1) is 0 Å². The monoisotopic (exact) mass is 353 g/mol. The van der Waals surface area contributed by atoms with Crippen molar-refractivity contribution >= 4 is 35.0 Å². The summed E-state index contributed by atoms with van der Waals surface area (Å²) in [7, 11) is 0. The van der Waals surface area contributed by atoms with Gasteiger partial charge in [0.2, 0.25) is 0 Å². The predicted molar refractivity (Wildman–Crippen MR) is 89.8 cm³/mol. The zero-order valence-corrected chi connectivity index (χ0v) is 14.4. The lowest BCUT2D eigenvalue weighted by Gasteiger charge is -2.23. The second-order valence-electron chi connectivity index (χ2n) is 4.69. The second kappa shape index (κ2) is 9.77. The standard InChI is InChI=1S/C14H21Cl2NO3S/c1-9(14(7-18)21-2)17-6-11(19)8-20-13-5-10(15)3-4-12(13)16/h3-5,9,11,14,17-19H,6-8H2,1-2H3. The fraction of sp³-hybridized carbons (Fsp3) is 0.571. The molecular weight excluding hydrogens is 333 g/mol. The lowest BCUT2D eigenvalue weighted by atomic mass is 10.2. The molecule has 3 N–H and O–H groups in total. The maximum absolute atomic E-state index is 9.91. The molecule has 0 fully saturated rings. The van der Waals surface area contributed by atoms with Crippen LogP contribution >= 0.6 is 35.0 Å². The van der Waals surface area contributed by atoms with Gasteiger partial charge in [0.25, 0.3) is 0 Å². The molecule has 0 aliphatic rings. The number of halogens is 2. The van der Waals surface area contributed by atoms with E-state index in [2.05, 4.69) is 5.32 Å². The summed E-state index contributed by atoms with van der Waals surface area (Å²) in [6, 6.07) is 5.03. The van der Waals surface area contributed by atoms with Crippen LogP contribution in [-0.4, -0.2) is 53.6 Å². The number of aliphatic hydroxyl groups is 2. The zero-order valence-electron chi connectivity index (χ0n) is 12.1. The van der Waals surface area contributed by atoms with E-state index >= 15 is 0 Å². The Hall–Kier alpha value is -0.170. The van der Waals surface area contributed by atoms with E-state index in [4.69, 9.17) is 27.9 Å². The summed E-state index contributed by atoms with van der Waals surface area (Å²) in [5, 5.41) is 23.4. The van der Waals surface area contributed by atoms with E-state index in [0.717, 1.165) is 0 Å². The number of hydrogen-bond acceptors (Lipinski definition) is 5. The number of aliphatic hydroxyl groups excluding tert-OH is 2. The number of ether oxygens (including phenoxy) is 1. The summed E-state index contributed by atoms with van der Waals surface area (Å²) in [4.78, 5) is 0. The predicted octanol–water partition coefficient (Wildman–Crippen LogP) is 2.44. The number of benzene rings is 1. The fourth-order valence-corrected chi connectivity index (χ4v) is 2.71. The summed E-state index contributed by atoms with van der Waals surface area (Å²) >= 11 is 13.4. The third-order valence-electron chi connectivity index (χ3n) is 3.04. The average molecular weight is 354 g/mol. The Bertz CT molecular complexity index is 433. The van der Waals surface area contributed by atoms with Crippen molar-refractivity contribution in [3.8, 4) is 5.75 Å². The van der Waals surface area contributed by atoms with Crippen LogP contribution in [0.15, 0.2) is 18.2 Å². The van der Waals surface area contributed by atoms with Gasteiger partial charge >= 0.3 is 0 Å². The molecule has 7 heteroatoms. The van der Waals surface area contributed by atoms with Crippen LogP contribution in [0.2, 0.25) is 10.0 Å². The van der Waals surface area contributed by atoms with Crippen molar-refractivity contribution in [3.63, 3.8) is 0 Å². The van der Waals surface area contributed by atoms with Gasteiger partial charge in [0, 0.05) is 28.9 Å². The molecule has 1 aromatic carbocycles. The molecule has 0 radical (unpaired) electrons. The molecule has 0 aliphatic carbocycles. The summed E-state index contributed by atoms with van der Waals surface area (Å²) in [5.74, 6) is 0.452. The summed E-state index contributed by atoms with van der Waals surface area (Å²) < 4.78 is 5.46. The molecule has 0 aromatic heterocycles. The summed E-state index contributed by atoms with van der Waals surface area (Å²) in [5.41, 5.74) is 0. The fourth-order valence-electron chi connectivity index (χ4n) is 1.72. The van der Waals surface area contributed by atoms with Crippen LogP contribution < -0.4 is 10.1 Å². The van der Waals surface area contributed by atoms with E-state index in [-0.39, 0.29) is 24.5 Å². The molecule has 1 rings (SSSR count). The molecule has 0 saturated heterocycles. The number of rotatable bonds is 9. The molecule has 0 aliphatic heterocycles. The van der Waals surface area contributed by atoms with Gasteiger partial charge in [-0.3, -0.25) is 0 Å². The summed E-state index contributed by atoms with van der Waals surface area (Å²) in [6.45, 7) is 2.55. The third-order valence-corrected chi connectivity index (χ3v) is 4.75. The van der Waals surface area contributed by atoms with E-state index in [0.29, 0.717) is 22.3 Å². The van der Waals surface area contributed by atoms with Crippen LogP contribution in [0.5, 0.6) is 5.75 Å². The van der Waals surface area contributed by atoms with Crippen LogP contribution in [0, 0.1) is 0 Å². The Labute approximate surface area is 139 Å². The minimum atomic E-state index is -0.677. The van der Waals surface area contributed by atoms with Crippen LogP contribution in [0.25, 0.3) is 0 Å². The van der Waals surface area contributed by atoms with E-state index in [1.165, 1.54) is 0 Å². The van der Waals surface area contributed by atoms with Crippen molar-refractivity contribution < 1.29 is 14.9 Å². The number of hydrogen-bond donors (Lipinski definition) is 3. The number of nitrogens with one attached hydrogen (secondary N) is 1. The smallest absolute Gasteiger partial charge is 0.139 e. The Morgan fingerprint density at radius 1 is 1.38 bits per heavy atom. The molecule has 0 saturated carbocycles. The average Bonchev–Trinajstić information content (AvgIpc) is 2.47. The molecule has 3 atom stereocenters. The van der Waals surface area contributed by atoms with Crippen molar-refractivity contribution in [2.24, 2.45) is 0 Å². The van der Waals surface area contributed by atoms with Gasteiger partial charge in [0.15, 0.2) is 0 Å². The molecule has 1 aromatic rings. The summed E-state index contributed by atoms with van der Waals surface area (Å²) in [6.07, 6.45) is 1.27. The van der Waals surface area contributed by atoms with Crippen LogP contribution in [0.3, 0.4) is 0 Å². The molecule has 21 heavy (non-hydrogen) atoms. The molecule has 0 spiro atoms. The van der Waals surface area contributed by atoms with Crippen molar-refractivity contribution in [2.45, 2.75) is 24.3 Å². The van der Waals surface area contributed by atoms with E-state index in [9.17, 15) is 10.2 Å². The molecule has 3 unspecified atom stereocenters. The highest BCUT2D eigenvalue weighted by Crippen LogP contribution is 2.27. The molecule has 0 heterocycles. The topological polar surface area (TPSA) is 61.7 Å². The number of thioether (sulfide) groups is 1. The van der Waals surface area contributed by atoms with Crippen molar-refractivity contribution in [1.29, 1.82) is 0 Å². The highest BCUT2D eigenvalue weighted by Gasteiger charge is 2.16. The van der Waals surface area contributed by atoms with Gasteiger partial charge in [-0.05, 0) is 25.3 Å². The largest absolute Gasteiger partial charge is 0.489 e. The minimum absolute atomic E-state index is 0.0920. The van der Waals surface area contributed by atoms with Crippen molar-refractivity contribution in [3.05, 3.63) is 28.2 Å². The second-order valence-corrected chi connectivity index (χ2v) is 6.61. The Kier molecular flexibility index (Phi) is 8.78. The first-order valence-corrected chi connectivity index (χ1v) is 8.65. The van der Waals surface area contributed by atoms with Crippen LogP contribution in [0.4, 0.5) is 0 Å².